The molecule has 0 radical (unpaired) electrons. The minimum atomic E-state index is -0.732. The third kappa shape index (κ3) is 2.63. The SMILES string of the molecule is O=C1NC2(CCNCC2)C(=O)N1CCc1cccc(F)c1. The lowest BCUT2D eigenvalue weighted by molar-refractivity contribution is -0.132. The Morgan fingerprint density at radius 3 is 2.71 bits per heavy atom. The molecule has 1 spiro atoms. The van der Waals surface area contributed by atoms with Crippen LogP contribution in [0.3, 0.4) is 0 Å². The molecule has 112 valence electrons. The number of urea groups is 1. The molecule has 2 fully saturated rings. The summed E-state index contributed by atoms with van der Waals surface area (Å²) >= 11 is 0. The van der Waals surface area contributed by atoms with Gasteiger partial charge in [-0.3, -0.25) is 9.69 Å². The molecule has 0 saturated carbocycles. The van der Waals surface area contributed by atoms with E-state index in [1.807, 2.05) is 0 Å². The zero-order valence-electron chi connectivity index (χ0n) is 11.7. The maximum Gasteiger partial charge on any atom is 0.325 e. The summed E-state index contributed by atoms with van der Waals surface area (Å²) in [4.78, 5) is 25.8. The van der Waals surface area contributed by atoms with Gasteiger partial charge in [0.25, 0.3) is 5.91 Å². The van der Waals surface area contributed by atoms with E-state index in [9.17, 15) is 14.0 Å². The van der Waals surface area contributed by atoms with Crippen LogP contribution in [0.5, 0.6) is 0 Å². The minimum Gasteiger partial charge on any atom is -0.323 e. The maximum atomic E-state index is 13.1. The van der Waals surface area contributed by atoms with Crippen LogP contribution in [0.2, 0.25) is 0 Å². The first-order valence-electron chi connectivity index (χ1n) is 7.20. The lowest BCUT2D eigenvalue weighted by Crippen LogP contribution is -2.53. The highest BCUT2D eigenvalue weighted by Gasteiger charge is 2.50. The van der Waals surface area contributed by atoms with Gasteiger partial charge in [-0.15, -0.1) is 0 Å². The Labute approximate surface area is 122 Å². The van der Waals surface area contributed by atoms with Crippen molar-refractivity contribution in [2.75, 3.05) is 19.6 Å². The van der Waals surface area contributed by atoms with Gasteiger partial charge in [0.1, 0.15) is 11.4 Å². The number of carbonyl (C=O) groups excluding carboxylic acids is 2. The average molecular weight is 291 g/mol. The largest absolute Gasteiger partial charge is 0.325 e. The van der Waals surface area contributed by atoms with Crippen molar-refractivity contribution in [3.05, 3.63) is 35.6 Å². The van der Waals surface area contributed by atoms with Crippen molar-refractivity contribution in [1.82, 2.24) is 15.5 Å². The Balaban J connectivity index is 1.68. The molecule has 1 aromatic rings. The van der Waals surface area contributed by atoms with Crippen LogP contribution in [-0.4, -0.2) is 42.0 Å². The number of hydrogen-bond acceptors (Lipinski definition) is 3. The van der Waals surface area contributed by atoms with Gasteiger partial charge in [-0.1, -0.05) is 12.1 Å². The summed E-state index contributed by atoms with van der Waals surface area (Å²) in [6.07, 6.45) is 1.70. The van der Waals surface area contributed by atoms with Gasteiger partial charge in [0.15, 0.2) is 0 Å². The van der Waals surface area contributed by atoms with E-state index in [1.54, 1.807) is 12.1 Å². The van der Waals surface area contributed by atoms with Gasteiger partial charge >= 0.3 is 6.03 Å². The van der Waals surface area contributed by atoms with Gasteiger partial charge in [0.05, 0.1) is 0 Å². The van der Waals surface area contributed by atoms with Crippen LogP contribution >= 0.6 is 0 Å². The summed E-state index contributed by atoms with van der Waals surface area (Å²) in [6.45, 7) is 1.73. The molecular weight excluding hydrogens is 273 g/mol. The molecule has 6 heteroatoms. The molecule has 0 bridgehead atoms. The van der Waals surface area contributed by atoms with Crippen molar-refractivity contribution >= 4 is 11.9 Å². The molecule has 5 nitrogen and oxygen atoms in total. The third-order valence-electron chi connectivity index (χ3n) is 4.22. The smallest absolute Gasteiger partial charge is 0.323 e. The fourth-order valence-corrected chi connectivity index (χ4v) is 3.01. The summed E-state index contributed by atoms with van der Waals surface area (Å²) in [5.41, 5.74) is 0.0476. The Morgan fingerprint density at radius 1 is 1.24 bits per heavy atom. The lowest BCUT2D eigenvalue weighted by Gasteiger charge is -2.31. The number of nitrogens with one attached hydrogen (secondary N) is 2. The quantitative estimate of drug-likeness (QED) is 0.818. The summed E-state index contributed by atoms with van der Waals surface area (Å²) < 4.78 is 13.1. The van der Waals surface area contributed by atoms with E-state index in [0.717, 1.165) is 18.7 Å². The monoisotopic (exact) mass is 291 g/mol. The molecule has 21 heavy (non-hydrogen) atoms. The lowest BCUT2D eigenvalue weighted by atomic mass is 9.88. The third-order valence-corrected chi connectivity index (χ3v) is 4.22. The molecule has 2 aliphatic rings. The fraction of sp³-hybridized carbons (Fsp3) is 0.467. The van der Waals surface area contributed by atoms with E-state index in [-0.39, 0.29) is 24.3 Å². The first-order chi connectivity index (χ1) is 10.1. The van der Waals surface area contributed by atoms with Gasteiger partial charge < -0.3 is 10.6 Å². The first kappa shape index (κ1) is 14.0. The molecule has 2 N–H and O–H groups in total. The van der Waals surface area contributed by atoms with Crippen LogP contribution in [0.1, 0.15) is 18.4 Å². The second-order valence-corrected chi connectivity index (χ2v) is 5.60. The molecule has 2 saturated heterocycles. The van der Waals surface area contributed by atoms with Gasteiger partial charge in [0, 0.05) is 6.54 Å². The Kier molecular flexibility index (Phi) is 3.63. The van der Waals surface area contributed by atoms with Gasteiger partial charge in [-0.25, -0.2) is 9.18 Å². The van der Waals surface area contributed by atoms with Crippen LogP contribution in [0.25, 0.3) is 0 Å². The second-order valence-electron chi connectivity index (χ2n) is 5.60. The molecular formula is C15H18FN3O2. The molecule has 3 amide bonds. The Hall–Kier alpha value is -1.95. The van der Waals surface area contributed by atoms with Crippen LogP contribution in [-0.2, 0) is 11.2 Å². The molecule has 3 rings (SSSR count). The summed E-state index contributed by atoms with van der Waals surface area (Å²) in [7, 11) is 0. The highest BCUT2D eigenvalue weighted by atomic mass is 19.1. The van der Waals surface area contributed by atoms with Crippen molar-refractivity contribution in [1.29, 1.82) is 0 Å². The summed E-state index contributed by atoms with van der Waals surface area (Å²) in [5, 5.41) is 6.03. The molecule has 2 aliphatic heterocycles. The molecule has 1 aromatic carbocycles. The molecule has 2 heterocycles. The second kappa shape index (κ2) is 5.44. The van der Waals surface area contributed by atoms with Crippen molar-refractivity contribution in [2.24, 2.45) is 0 Å². The Morgan fingerprint density at radius 2 is 2.00 bits per heavy atom. The number of carbonyl (C=O) groups is 2. The minimum absolute atomic E-state index is 0.148. The number of imide groups is 1. The van der Waals surface area contributed by atoms with Gasteiger partial charge in [0.2, 0.25) is 0 Å². The van der Waals surface area contributed by atoms with E-state index in [4.69, 9.17) is 0 Å². The van der Waals surface area contributed by atoms with E-state index in [2.05, 4.69) is 10.6 Å². The van der Waals surface area contributed by atoms with Crippen molar-refractivity contribution in [3.8, 4) is 0 Å². The summed E-state index contributed by atoms with van der Waals surface area (Å²) in [5.74, 6) is -0.454. The number of benzene rings is 1. The van der Waals surface area contributed by atoms with Crippen LogP contribution in [0.4, 0.5) is 9.18 Å². The zero-order chi connectivity index (χ0) is 14.9. The number of piperidine rings is 1. The summed E-state index contributed by atoms with van der Waals surface area (Å²) in [6, 6.07) is 5.89. The normalized spacial score (nSPS) is 20.9. The molecule has 0 unspecified atom stereocenters. The van der Waals surface area contributed by atoms with E-state index >= 15 is 0 Å². The average Bonchev–Trinajstić information content (AvgIpc) is 2.69. The van der Waals surface area contributed by atoms with E-state index < -0.39 is 5.54 Å². The standard InChI is InChI=1S/C15H18FN3O2/c16-12-3-1-2-11(10-12)4-9-19-13(20)15(18-14(19)21)5-7-17-8-6-15/h1-3,10,17H,4-9H2,(H,18,21). The van der Waals surface area contributed by atoms with Crippen molar-refractivity contribution < 1.29 is 14.0 Å². The molecule has 0 aromatic heterocycles. The van der Waals surface area contributed by atoms with Crippen molar-refractivity contribution in [2.45, 2.75) is 24.8 Å². The number of nitrogens with zero attached hydrogens (tertiary/aromatic N) is 1. The van der Waals surface area contributed by atoms with E-state index in [0.29, 0.717) is 19.3 Å². The number of amides is 3. The first-order valence-corrected chi connectivity index (χ1v) is 7.20. The van der Waals surface area contributed by atoms with Crippen molar-refractivity contribution in [3.63, 3.8) is 0 Å². The zero-order valence-corrected chi connectivity index (χ0v) is 11.7. The van der Waals surface area contributed by atoms with E-state index in [1.165, 1.54) is 17.0 Å². The van der Waals surface area contributed by atoms with Crippen LogP contribution < -0.4 is 10.6 Å². The molecule has 0 atom stereocenters. The highest BCUT2D eigenvalue weighted by Crippen LogP contribution is 2.27. The number of halogens is 1. The molecule has 0 aliphatic carbocycles. The topological polar surface area (TPSA) is 61.4 Å². The fourth-order valence-electron chi connectivity index (χ4n) is 3.01. The van der Waals surface area contributed by atoms with Gasteiger partial charge in [-0.05, 0) is 50.0 Å². The Bertz CT molecular complexity index is 570. The number of hydrogen-bond donors (Lipinski definition) is 2. The predicted molar refractivity (Wildman–Crippen MR) is 75.2 cm³/mol. The number of rotatable bonds is 3. The van der Waals surface area contributed by atoms with Crippen LogP contribution in [0, 0.1) is 5.82 Å². The highest BCUT2D eigenvalue weighted by molar-refractivity contribution is 6.07. The van der Waals surface area contributed by atoms with Crippen LogP contribution in [0.15, 0.2) is 24.3 Å². The van der Waals surface area contributed by atoms with Gasteiger partial charge in [-0.2, -0.15) is 0 Å². The predicted octanol–water partition coefficient (Wildman–Crippen LogP) is 1.04. The maximum absolute atomic E-state index is 13.1.